The van der Waals surface area contributed by atoms with Crippen LogP contribution in [0.25, 0.3) is 0 Å². The van der Waals surface area contributed by atoms with Crippen LogP contribution >= 0.6 is 15.9 Å². The molecular formula is C24H32BrN3O4S. The number of unbranched alkanes of at least 4 members (excludes halogenated alkanes) is 1. The van der Waals surface area contributed by atoms with Crippen LogP contribution in [0.15, 0.2) is 53.0 Å². The van der Waals surface area contributed by atoms with Gasteiger partial charge >= 0.3 is 0 Å². The average molecular weight is 539 g/mol. The molecule has 0 aliphatic carbocycles. The molecule has 0 saturated carbocycles. The molecule has 0 aliphatic rings. The van der Waals surface area contributed by atoms with Gasteiger partial charge in [0.1, 0.15) is 12.6 Å². The first-order chi connectivity index (χ1) is 15.5. The van der Waals surface area contributed by atoms with Crippen LogP contribution in [-0.4, -0.2) is 50.5 Å². The molecule has 33 heavy (non-hydrogen) atoms. The molecule has 0 heterocycles. The molecule has 0 aliphatic heterocycles. The Hall–Kier alpha value is -2.39. The van der Waals surface area contributed by atoms with E-state index in [-0.39, 0.29) is 12.5 Å². The number of hydrogen-bond acceptors (Lipinski definition) is 4. The van der Waals surface area contributed by atoms with E-state index in [2.05, 4.69) is 21.2 Å². The number of nitrogens with zero attached hydrogens (tertiary/aromatic N) is 2. The fourth-order valence-electron chi connectivity index (χ4n) is 3.31. The second-order valence-corrected chi connectivity index (χ2v) is 10.8. The third-order valence-corrected chi connectivity index (χ3v) is 7.06. The zero-order valence-corrected chi connectivity index (χ0v) is 21.9. The lowest BCUT2D eigenvalue weighted by atomic mass is 10.1. The molecule has 2 rings (SSSR count). The molecule has 0 aromatic heterocycles. The maximum Gasteiger partial charge on any atom is 0.244 e. The minimum absolute atomic E-state index is 0.200. The van der Waals surface area contributed by atoms with Crippen LogP contribution in [0.2, 0.25) is 0 Å². The van der Waals surface area contributed by atoms with Gasteiger partial charge in [-0.3, -0.25) is 13.9 Å². The van der Waals surface area contributed by atoms with E-state index in [0.29, 0.717) is 12.2 Å². The van der Waals surface area contributed by atoms with E-state index in [1.807, 2.05) is 38.1 Å². The van der Waals surface area contributed by atoms with Crippen LogP contribution in [0.1, 0.15) is 37.8 Å². The molecule has 2 aromatic rings. The number of anilines is 1. The van der Waals surface area contributed by atoms with Crippen molar-refractivity contribution in [3.8, 4) is 0 Å². The van der Waals surface area contributed by atoms with E-state index in [1.54, 1.807) is 31.2 Å². The van der Waals surface area contributed by atoms with E-state index in [0.717, 1.165) is 39.0 Å². The van der Waals surface area contributed by atoms with E-state index >= 15 is 0 Å². The maximum atomic E-state index is 13.5. The van der Waals surface area contributed by atoms with Crippen LogP contribution in [0.3, 0.4) is 0 Å². The van der Waals surface area contributed by atoms with E-state index in [4.69, 9.17) is 0 Å². The van der Waals surface area contributed by atoms with Gasteiger partial charge in [0.2, 0.25) is 21.8 Å². The molecule has 0 spiro atoms. The maximum absolute atomic E-state index is 13.5. The van der Waals surface area contributed by atoms with Gasteiger partial charge in [0.05, 0.1) is 11.9 Å². The standard InChI is InChI=1S/C24H32BrN3O4S/c1-5-6-15-26-24(30)19(3)27(16-20-10-8-7-9-18(20)2)23(29)17-28(33(4,31)32)22-13-11-21(25)12-14-22/h7-14,19H,5-6,15-17H2,1-4H3,(H,26,30)/t19-/m1/s1. The number of benzene rings is 2. The van der Waals surface area contributed by atoms with Crippen molar-refractivity contribution in [2.24, 2.45) is 0 Å². The minimum Gasteiger partial charge on any atom is -0.354 e. The molecular weight excluding hydrogens is 506 g/mol. The lowest BCUT2D eigenvalue weighted by Gasteiger charge is -2.32. The normalized spacial score (nSPS) is 12.2. The Kier molecular flexibility index (Phi) is 9.91. The molecule has 0 unspecified atom stereocenters. The van der Waals surface area contributed by atoms with Gasteiger partial charge in [-0.15, -0.1) is 0 Å². The van der Waals surface area contributed by atoms with E-state index < -0.39 is 28.5 Å². The zero-order valence-electron chi connectivity index (χ0n) is 19.5. The largest absolute Gasteiger partial charge is 0.354 e. The Bertz CT molecular complexity index is 1060. The van der Waals surface area contributed by atoms with Crippen LogP contribution < -0.4 is 9.62 Å². The Morgan fingerprint density at radius 2 is 1.73 bits per heavy atom. The van der Waals surface area contributed by atoms with Crippen LogP contribution in [0, 0.1) is 6.92 Å². The number of nitrogens with one attached hydrogen (secondary N) is 1. The summed E-state index contributed by atoms with van der Waals surface area (Å²) in [5.41, 5.74) is 2.26. The number of sulfonamides is 1. The Balaban J connectivity index is 2.35. The Labute approximate surface area is 205 Å². The van der Waals surface area contributed by atoms with Gasteiger partial charge in [-0.25, -0.2) is 8.42 Å². The van der Waals surface area contributed by atoms with Crippen molar-refractivity contribution < 1.29 is 18.0 Å². The third-order valence-electron chi connectivity index (χ3n) is 5.39. The van der Waals surface area contributed by atoms with Gasteiger partial charge in [0.25, 0.3) is 0 Å². The van der Waals surface area contributed by atoms with Crippen molar-refractivity contribution in [2.45, 2.75) is 46.2 Å². The monoisotopic (exact) mass is 537 g/mol. The highest BCUT2D eigenvalue weighted by Gasteiger charge is 2.30. The van der Waals surface area contributed by atoms with Gasteiger partial charge in [-0.1, -0.05) is 53.5 Å². The van der Waals surface area contributed by atoms with Crippen molar-refractivity contribution in [1.29, 1.82) is 0 Å². The van der Waals surface area contributed by atoms with E-state index in [1.165, 1.54) is 4.90 Å². The average Bonchev–Trinajstić information content (AvgIpc) is 2.76. The first-order valence-corrected chi connectivity index (χ1v) is 13.5. The van der Waals surface area contributed by atoms with Crippen molar-refractivity contribution in [3.63, 3.8) is 0 Å². The quantitative estimate of drug-likeness (QED) is 0.441. The van der Waals surface area contributed by atoms with Crippen molar-refractivity contribution in [2.75, 3.05) is 23.7 Å². The summed E-state index contributed by atoms with van der Waals surface area (Å²) in [5.74, 6) is -0.718. The molecule has 180 valence electrons. The fraction of sp³-hybridized carbons (Fsp3) is 0.417. The Morgan fingerprint density at radius 1 is 1.09 bits per heavy atom. The van der Waals surface area contributed by atoms with Crippen LogP contribution in [0.5, 0.6) is 0 Å². The molecule has 0 saturated heterocycles. The summed E-state index contributed by atoms with van der Waals surface area (Å²) < 4.78 is 26.9. The van der Waals surface area contributed by atoms with Crippen molar-refractivity contribution in [3.05, 3.63) is 64.1 Å². The summed E-state index contributed by atoms with van der Waals surface area (Å²) in [4.78, 5) is 27.7. The summed E-state index contributed by atoms with van der Waals surface area (Å²) in [5, 5.41) is 2.87. The third kappa shape index (κ3) is 7.85. The second-order valence-electron chi connectivity index (χ2n) is 8.01. The first-order valence-electron chi connectivity index (χ1n) is 10.9. The number of aryl methyl sites for hydroxylation is 1. The number of carbonyl (C=O) groups excluding carboxylic acids is 2. The number of amides is 2. The highest BCUT2D eigenvalue weighted by Crippen LogP contribution is 2.22. The number of hydrogen-bond donors (Lipinski definition) is 1. The molecule has 9 heteroatoms. The predicted octanol–water partition coefficient (Wildman–Crippen LogP) is 3.86. The lowest BCUT2D eigenvalue weighted by Crippen LogP contribution is -2.51. The molecule has 1 atom stereocenters. The summed E-state index contributed by atoms with van der Waals surface area (Å²) >= 11 is 3.34. The van der Waals surface area contributed by atoms with Gasteiger partial charge in [0, 0.05) is 17.6 Å². The van der Waals surface area contributed by atoms with E-state index in [9.17, 15) is 18.0 Å². The molecule has 2 amide bonds. The van der Waals surface area contributed by atoms with Crippen LogP contribution in [0.4, 0.5) is 5.69 Å². The fourth-order valence-corrected chi connectivity index (χ4v) is 4.42. The van der Waals surface area contributed by atoms with Gasteiger partial charge in [-0.05, 0) is 55.7 Å². The summed E-state index contributed by atoms with van der Waals surface area (Å²) in [6.07, 6.45) is 2.85. The highest BCUT2D eigenvalue weighted by atomic mass is 79.9. The number of halogens is 1. The molecule has 0 fully saturated rings. The smallest absolute Gasteiger partial charge is 0.244 e. The van der Waals surface area contributed by atoms with Gasteiger partial charge in [0.15, 0.2) is 0 Å². The second kappa shape index (κ2) is 12.2. The molecule has 0 radical (unpaired) electrons. The molecule has 2 aromatic carbocycles. The molecule has 0 bridgehead atoms. The first kappa shape index (κ1) is 26.9. The summed E-state index contributed by atoms with van der Waals surface area (Å²) in [6, 6.07) is 13.6. The van der Waals surface area contributed by atoms with Crippen molar-refractivity contribution in [1.82, 2.24) is 10.2 Å². The van der Waals surface area contributed by atoms with Gasteiger partial charge in [-0.2, -0.15) is 0 Å². The molecule has 7 nitrogen and oxygen atoms in total. The SMILES string of the molecule is CCCCNC(=O)[C@@H](C)N(Cc1ccccc1C)C(=O)CN(c1ccc(Br)cc1)S(C)(=O)=O. The topological polar surface area (TPSA) is 86.8 Å². The highest BCUT2D eigenvalue weighted by molar-refractivity contribution is 9.10. The van der Waals surface area contributed by atoms with Gasteiger partial charge < -0.3 is 10.2 Å². The number of carbonyl (C=O) groups is 2. The van der Waals surface area contributed by atoms with Crippen molar-refractivity contribution >= 4 is 43.5 Å². The minimum atomic E-state index is -3.73. The Morgan fingerprint density at radius 3 is 2.30 bits per heavy atom. The summed E-state index contributed by atoms with van der Waals surface area (Å²) in [6.45, 7) is 5.97. The lowest BCUT2D eigenvalue weighted by molar-refractivity contribution is -0.139. The number of rotatable bonds is 11. The van der Waals surface area contributed by atoms with Crippen LogP contribution in [-0.2, 0) is 26.2 Å². The summed E-state index contributed by atoms with van der Waals surface area (Å²) in [7, 11) is -3.73. The molecule has 1 N–H and O–H groups in total. The zero-order chi connectivity index (χ0) is 24.6. The predicted molar refractivity (Wildman–Crippen MR) is 135 cm³/mol.